The number of amides is 2. The maximum atomic E-state index is 12.2. The van der Waals surface area contributed by atoms with Crippen LogP contribution in [0.2, 0.25) is 0 Å². The van der Waals surface area contributed by atoms with Crippen molar-refractivity contribution in [1.82, 2.24) is 14.7 Å². The molecule has 0 saturated carbocycles. The molecule has 0 aromatic carbocycles. The molecule has 22 heavy (non-hydrogen) atoms. The van der Waals surface area contributed by atoms with Gasteiger partial charge >= 0.3 is 0 Å². The van der Waals surface area contributed by atoms with Gasteiger partial charge in [0, 0.05) is 45.1 Å². The van der Waals surface area contributed by atoms with Gasteiger partial charge in [-0.1, -0.05) is 6.42 Å². The van der Waals surface area contributed by atoms with Crippen LogP contribution in [0.1, 0.15) is 51.4 Å². The Labute approximate surface area is 133 Å². The summed E-state index contributed by atoms with van der Waals surface area (Å²) in [4.78, 5) is 30.4. The van der Waals surface area contributed by atoms with E-state index in [-0.39, 0.29) is 11.8 Å². The number of carbonyl (C=O) groups excluding carboxylic acids is 2. The number of carbonyl (C=O) groups is 2. The van der Waals surface area contributed by atoms with E-state index in [0.717, 1.165) is 45.4 Å². The third kappa shape index (κ3) is 3.80. The number of nitrogens with zero attached hydrogens (tertiary/aromatic N) is 3. The van der Waals surface area contributed by atoms with E-state index in [9.17, 15) is 9.59 Å². The quantitative estimate of drug-likeness (QED) is 0.773. The van der Waals surface area contributed by atoms with E-state index in [0.29, 0.717) is 18.9 Å². The highest BCUT2D eigenvalue weighted by Crippen LogP contribution is 2.21. The molecule has 3 aliphatic rings. The molecule has 0 N–H and O–H groups in total. The molecule has 5 heteroatoms. The highest BCUT2D eigenvalue weighted by Gasteiger charge is 2.34. The van der Waals surface area contributed by atoms with E-state index < -0.39 is 0 Å². The predicted molar refractivity (Wildman–Crippen MR) is 85.5 cm³/mol. The summed E-state index contributed by atoms with van der Waals surface area (Å²) in [7, 11) is 0. The molecule has 3 saturated heterocycles. The van der Waals surface area contributed by atoms with E-state index in [4.69, 9.17) is 0 Å². The first-order valence-electron chi connectivity index (χ1n) is 9.03. The van der Waals surface area contributed by atoms with Crippen LogP contribution in [-0.4, -0.2) is 71.8 Å². The van der Waals surface area contributed by atoms with Gasteiger partial charge < -0.3 is 9.80 Å². The van der Waals surface area contributed by atoms with Gasteiger partial charge in [-0.05, 0) is 45.2 Å². The molecule has 124 valence electrons. The Balaban J connectivity index is 1.31. The molecule has 3 rings (SSSR count). The summed E-state index contributed by atoms with van der Waals surface area (Å²) in [5, 5.41) is 0. The fourth-order valence-electron chi connectivity index (χ4n) is 3.85. The van der Waals surface area contributed by atoms with Crippen LogP contribution in [0, 0.1) is 0 Å². The van der Waals surface area contributed by atoms with Crippen molar-refractivity contribution in [3.63, 3.8) is 0 Å². The van der Waals surface area contributed by atoms with Gasteiger partial charge in [-0.3, -0.25) is 14.5 Å². The van der Waals surface area contributed by atoms with Crippen LogP contribution in [0.4, 0.5) is 0 Å². The Morgan fingerprint density at radius 2 is 1.73 bits per heavy atom. The van der Waals surface area contributed by atoms with Crippen molar-refractivity contribution in [2.24, 2.45) is 0 Å². The lowest BCUT2D eigenvalue weighted by molar-refractivity contribution is -0.140. The third-order valence-electron chi connectivity index (χ3n) is 5.36. The second-order valence-electron chi connectivity index (χ2n) is 6.99. The highest BCUT2D eigenvalue weighted by atomic mass is 16.2. The second-order valence-corrected chi connectivity index (χ2v) is 6.99. The lowest BCUT2D eigenvalue weighted by Gasteiger charge is -2.46. The zero-order chi connectivity index (χ0) is 15.4. The number of hydrogen-bond donors (Lipinski definition) is 0. The molecule has 0 aromatic rings. The molecular formula is C17H29N3O2. The average Bonchev–Trinajstić information content (AvgIpc) is 2.49. The van der Waals surface area contributed by atoms with E-state index in [1.807, 2.05) is 9.80 Å². The van der Waals surface area contributed by atoms with Gasteiger partial charge in [-0.25, -0.2) is 0 Å². The van der Waals surface area contributed by atoms with Crippen LogP contribution < -0.4 is 0 Å². The molecule has 0 atom stereocenters. The van der Waals surface area contributed by atoms with Gasteiger partial charge in [-0.15, -0.1) is 0 Å². The normalized spacial score (nSPS) is 24.5. The third-order valence-corrected chi connectivity index (χ3v) is 5.36. The van der Waals surface area contributed by atoms with Gasteiger partial charge in [0.1, 0.15) is 0 Å². The first-order valence-corrected chi connectivity index (χ1v) is 9.03. The average molecular weight is 307 g/mol. The van der Waals surface area contributed by atoms with Crippen molar-refractivity contribution in [2.45, 2.75) is 57.4 Å². The van der Waals surface area contributed by atoms with E-state index in [1.165, 1.54) is 32.4 Å². The molecule has 3 fully saturated rings. The van der Waals surface area contributed by atoms with Crippen molar-refractivity contribution in [2.75, 3.05) is 39.3 Å². The summed E-state index contributed by atoms with van der Waals surface area (Å²) in [5.41, 5.74) is 0. The van der Waals surface area contributed by atoms with Crippen molar-refractivity contribution < 1.29 is 9.59 Å². The maximum absolute atomic E-state index is 12.2. The molecule has 5 nitrogen and oxygen atoms in total. The van der Waals surface area contributed by atoms with Crippen LogP contribution >= 0.6 is 0 Å². The zero-order valence-corrected chi connectivity index (χ0v) is 13.6. The predicted octanol–water partition coefficient (Wildman–Crippen LogP) is 1.48. The first-order chi connectivity index (χ1) is 10.7. The molecule has 0 bridgehead atoms. The number of piperidine rings is 2. The molecule has 3 heterocycles. The van der Waals surface area contributed by atoms with Crippen LogP contribution in [0.15, 0.2) is 0 Å². The Kier molecular flexibility index (Phi) is 5.34. The fourth-order valence-corrected chi connectivity index (χ4v) is 3.85. The minimum absolute atomic E-state index is 0.271. The molecule has 0 spiro atoms. The van der Waals surface area contributed by atoms with Crippen molar-refractivity contribution in [3.8, 4) is 0 Å². The standard InChI is InChI=1S/C17H29N3O2/c21-16-7-2-5-11-19(16)12-6-8-17(22)20-13-15(14-20)18-9-3-1-4-10-18/h15H,1-14H2. The zero-order valence-electron chi connectivity index (χ0n) is 13.6. The molecule has 2 amide bonds. The molecule has 0 radical (unpaired) electrons. The van der Waals surface area contributed by atoms with Gasteiger partial charge in [0.25, 0.3) is 0 Å². The summed E-state index contributed by atoms with van der Waals surface area (Å²) < 4.78 is 0. The van der Waals surface area contributed by atoms with Gasteiger partial charge in [0.2, 0.25) is 11.8 Å². The van der Waals surface area contributed by atoms with E-state index in [2.05, 4.69) is 4.90 Å². The number of hydrogen-bond acceptors (Lipinski definition) is 3. The largest absolute Gasteiger partial charge is 0.343 e. The topological polar surface area (TPSA) is 43.9 Å². The van der Waals surface area contributed by atoms with Crippen LogP contribution in [0.5, 0.6) is 0 Å². The summed E-state index contributed by atoms with van der Waals surface area (Å²) in [5.74, 6) is 0.547. The SMILES string of the molecule is O=C1CCCCN1CCCC(=O)N1CC(N2CCCCC2)C1. The molecule has 0 aliphatic carbocycles. The van der Waals surface area contributed by atoms with Crippen molar-refractivity contribution >= 4 is 11.8 Å². The summed E-state index contributed by atoms with van der Waals surface area (Å²) in [6.45, 7) is 5.90. The van der Waals surface area contributed by atoms with Gasteiger partial charge in [0.15, 0.2) is 0 Å². The lowest BCUT2D eigenvalue weighted by atomic mass is 10.0. The number of rotatable bonds is 5. The summed E-state index contributed by atoms with van der Waals surface area (Å²) in [6, 6.07) is 0.605. The first kappa shape index (κ1) is 15.8. The molecule has 0 unspecified atom stereocenters. The molecule has 3 aliphatic heterocycles. The van der Waals surface area contributed by atoms with Gasteiger partial charge in [-0.2, -0.15) is 0 Å². The summed E-state index contributed by atoms with van der Waals surface area (Å²) in [6.07, 6.45) is 8.23. The fraction of sp³-hybridized carbons (Fsp3) is 0.882. The Morgan fingerprint density at radius 1 is 1.00 bits per heavy atom. The maximum Gasteiger partial charge on any atom is 0.222 e. The number of likely N-dealkylation sites (tertiary alicyclic amines) is 3. The minimum atomic E-state index is 0.271. The highest BCUT2D eigenvalue weighted by molar-refractivity contribution is 5.78. The van der Waals surface area contributed by atoms with Crippen LogP contribution in [0.3, 0.4) is 0 Å². The van der Waals surface area contributed by atoms with E-state index >= 15 is 0 Å². The van der Waals surface area contributed by atoms with Crippen molar-refractivity contribution in [1.29, 1.82) is 0 Å². The monoisotopic (exact) mass is 307 g/mol. The smallest absolute Gasteiger partial charge is 0.222 e. The lowest BCUT2D eigenvalue weighted by Crippen LogP contribution is -2.61. The molecular weight excluding hydrogens is 278 g/mol. The van der Waals surface area contributed by atoms with Crippen LogP contribution in [-0.2, 0) is 9.59 Å². The van der Waals surface area contributed by atoms with Crippen LogP contribution in [0.25, 0.3) is 0 Å². The summed E-state index contributed by atoms with van der Waals surface area (Å²) >= 11 is 0. The van der Waals surface area contributed by atoms with Crippen molar-refractivity contribution in [3.05, 3.63) is 0 Å². The Bertz CT molecular complexity index is 401. The van der Waals surface area contributed by atoms with Gasteiger partial charge in [0.05, 0.1) is 0 Å². The second kappa shape index (κ2) is 7.44. The Hall–Kier alpha value is -1.10. The van der Waals surface area contributed by atoms with E-state index in [1.54, 1.807) is 0 Å². The molecule has 0 aromatic heterocycles. The minimum Gasteiger partial charge on any atom is -0.343 e. The Morgan fingerprint density at radius 3 is 2.45 bits per heavy atom.